The fraction of sp³-hybridized carbons (Fsp3) is 0.250. The van der Waals surface area contributed by atoms with Crippen LogP contribution in [0.2, 0.25) is 0 Å². The van der Waals surface area contributed by atoms with Gasteiger partial charge in [-0.15, -0.1) is 11.8 Å². The fourth-order valence-corrected chi connectivity index (χ4v) is 3.96. The number of methoxy groups -OCH3 is 1. The molecule has 0 saturated carbocycles. The summed E-state index contributed by atoms with van der Waals surface area (Å²) in [6, 6.07) is 14.6. The van der Waals surface area contributed by atoms with Crippen molar-refractivity contribution in [3.63, 3.8) is 0 Å². The monoisotopic (exact) mass is 357 g/mol. The molecule has 0 bridgehead atoms. The molecule has 0 fully saturated rings. The van der Waals surface area contributed by atoms with Gasteiger partial charge in [0.25, 0.3) is 0 Å². The van der Waals surface area contributed by atoms with Crippen LogP contribution < -0.4 is 0 Å². The summed E-state index contributed by atoms with van der Waals surface area (Å²) in [7, 11) is 1.42. The lowest BCUT2D eigenvalue weighted by Gasteiger charge is -2.10. The van der Waals surface area contributed by atoms with Gasteiger partial charge < -0.3 is 9.30 Å². The average molecular weight is 357 g/mol. The number of fused-ring (bicyclic) bond motifs is 1. The van der Waals surface area contributed by atoms with Gasteiger partial charge in [0.05, 0.1) is 7.11 Å². The van der Waals surface area contributed by atoms with Crippen molar-refractivity contribution in [1.82, 2.24) is 4.57 Å². The summed E-state index contributed by atoms with van der Waals surface area (Å²) in [5.41, 5.74) is 2.12. The molecular formula is C20H20FNO2S. The van der Waals surface area contributed by atoms with Gasteiger partial charge in [-0.25, -0.2) is 4.39 Å². The zero-order chi connectivity index (χ0) is 17.8. The third kappa shape index (κ3) is 3.87. The molecule has 1 atom stereocenters. The number of carbonyl (C=O) groups is 1. The van der Waals surface area contributed by atoms with Crippen LogP contribution in [0.15, 0.2) is 59.6 Å². The Labute approximate surface area is 150 Å². The van der Waals surface area contributed by atoms with Crippen LogP contribution in [0.4, 0.5) is 4.39 Å². The van der Waals surface area contributed by atoms with Gasteiger partial charge in [0.15, 0.2) is 0 Å². The second-order valence-corrected chi connectivity index (χ2v) is 7.05. The van der Waals surface area contributed by atoms with Crippen LogP contribution >= 0.6 is 11.8 Å². The highest BCUT2D eigenvalue weighted by molar-refractivity contribution is 8.00. The molecule has 1 unspecified atom stereocenters. The maximum absolute atomic E-state index is 13.1. The van der Waals surface area contributed by atoms with Gasteiger partial charge in [-0.3, -0.25) is 4.79 Å². The molecule has 0 aliphatic rings. The van der Waals surface area contributed by atoms with Gasteiger partial charge in [0, 0.05) is 28.5 Å². The lowest BCUT2D eigenvalue weighted by atomic mass is 10.2. The van der Waals surface area contributed by atoms with Crippen LogP contribution in [0.5, 0.6) is 0 Å². The minimum absolute atomic E-state index is 0.206. The first-order valence-electron chi connectivity index (χ1n) is 8.19. The highest BCUT2D eigenvalue weighted by Gasteiger charge is 2.21. The predicted molar refractivity (Wildman–Crippen MR) is 99.4 cm³/mol. The number of hydrogen-bond donors (Lipinski definition) is 0. The molecule has 0 amide bonds. The highest BCUT2D eigenvalue weighted by atomic mass is 32.2. The first-order chi connectivity index (χ1) is 12.1. The van der Waals surface area contributed by atoms with Crippen LogP contribution in [0.3, 0.4) is 0 Å². The smallest absolute Gasteiger partial charge is 0.319 e. The number of benzene rings is 2. The molecule has 130 valence electrons. The lowest BCUT2D eigenvalue weighted by molar-refractivity contribution is -0.140. The van der Waals surface area contributed by atoms with Crippen molar-refractivity contribution in [2.45, 2.75) is 30.0 Å². The molecule has 0 saturated heterocycles. The minimum Gasteiger partial charge on any atom is -0.468 e. The highest BCUT2D eigenvalue weighted by Crippen LogP contribution is 2.34. The van der Waals surface area contributed by atoms with Gasteiger partial charge in [0.2, 0.25) is 0 Å². The van der Waals surface area contributed by atoms with Crippen LogP contribution in [0.1, 0.15) is 18.9 Å². The quantitative estimate of drug-likeness (QED) is 0.466. The van der Waals surface area contributed by atoms with Gasteiger partial charge in [-0.05, 0) is 30.2 Å². The molecule has 2 aromatic carbocycles. The topological polar surface area (TPSA) is 31.2 Å². The van der Waals surface area contributed by atoms with E-state index in [2.05, 4.69) is 22.9 Å². The van der Waals surface area contributed by atoms with Crippen molar-refractivity contribution in [3.05, 3.63) is 66.1 Å². The molecule has 0 spiro atoms. The van der Waals surface area contributed by atoms with Crippen molar-refractivity contribution in [2.24, 2.45) is 0 Å². The molecule has 5 heteroatoms. The SMILES string of the molecule is CCC(Sc1cn(Cc2ccc(F)cc2)c2ccccc12)C(=O)OC. The number of ether oxygens (including phenoxy) is 1. The molecule has 0 N–H and O–H groups in total. The Morgan fingerprint density at radius 1 is 1.20 bits per heavy atom. The summed E-state index contributed by atoms with van der Waals surface area (Å²) in [6.07, 6.45) is 2.76. The third-order valence-electron chi connectivity index (χ3n) is 4.12. The molecule has 0 radical (unpaired) electrons. The molecule has 3 rings (SSSR count). The molecule has 3 aromatic rings. The van der Waals surface area contributed by atoms with Crippen molar-refractivity contribution < 1.29 is 13.9 Å². The normalized spacial score (nSPS) is 12.3. The number of aromatic nitrogens is 1. The first-order valence-corrected chi connectivity index (χ1v) is 9.07. The standard InChI is InChI=1S/C20H20FNO2S/c1-3-18(20(23)24-2)25-19-13-22(17-7-5-4-6-16(17)19)12-14-8-10-15(21)11-9-14/h4-11,13,18H,3,12H2,1-2H3. The van der Waals surface area contributed by atoms with Crippen LogP contribution in [-0.2, 0) is 16.1 Å². The minimum atomic E-state index is -0.235. The summed E-state index contributed by atoms with van der Waals surface area (Å²) < 4.78 is 20.2. The summed E-state index contributed by atoms with van der Waals surface area (Å²) in [4.78, 5) is 13.0. The number of rotatable bonds is 6. The van der Waals surface area contributed by atoms with E-state index in [-0.39, 0.29) is 17.0 Å². The summed E-state index contributed by atoms with van der Waals surface area (Å²) >= 11 is 1.53. The third-order valence-corrected chi connectivity index (χ3v) is 5.51. The number of carbonyl (C=O) groups excluding carboxylic acids is 1. The van der Waals surface area contributed by atoms with Gasteiger partial charge in [-0.2, -0.15) is 0 Å². The van der Waals surface area contributed by atoms with Crippen LogP contribution in [0, 0.1) is 5.82 Å². The Bertz CT molecular complexity index is 873. The Morgan fingerprint density at radius 2 is 1.92 bits per heavy atom. The Kier molecular flexibility index (Phi) is 5.43. The molecule has 0 aliphatic carbocycles. The van der Waals surface area contributed by atoms with E-state index in [1.807, 2.05) is 19.1 Å². The van der Waals surface area contributed by atoms with E-state index in [9.17, 15) is 9.18 Å². The maximum atomic E-state index is 13.1. The van der Waals surface area contributed by atoms with Crippen LogP contribution in [0.25, 0.3) is 10.9 Å². The molecule has 0 aliphatic heterocycles. The Morgan fingerprint density at radius 3 is 2.60 bits per heavy atom. The van der Waals surface area contributed by atoms with Crippen LogP contribution in [-0.4, -0.2) is 22.9 Å². The Balaban J connectivity index is 1.94. The number of hydrogen-bond acceptors (Lipinski definition) is 3. The number of nitrogens with zero attached hydrogens (tertiary/aromatic N) is 1. The average Bonchev–Trinajstić information content (AvgIpc) is 2.98. The molecule has 25 heavy (non-hydrogen) atoms. The summed E-state index contributed by atoms with van der Waals surface area (Å²) in [5.74, 6) is -0.441. The van der Waals surface area contributed by atoms with E-state index in [1.54, 1.807) is 12.1 Å². The van der Waals surface area contributed by atoms with E-state index >= 15 is 0 Å². The van der Waals surface area contributed by atoms with Crippen molar-refractivity contribution in [1.29, 1.82) is 0 Å². The van der Waals surface area contributed by atoms with Crippen molar-refractivity contribution >= 4 is 28.6 Å². The van der Waals surface area contributed by atoms with Gasteiger partial charge in [0.1, 0.15) is 11.1 Å². The van der Waals surface area contributed by atoms with E-state index in [0.29, 0.717) is 13.0 Å². The zero-order valence-electron chi connectivity index (χ0n) is 14.2. The van der Waals surface area contributed by atoms with E-state index < -0.39 is 0 Å². The molecule has 3 nitrogen and oxygen atoms in total. The van der Waals surface area contributed by atoms with Gasteiger partial charge in [-0.1, -0.05) is 37.3 Å². The zero-order valence-corrected chi connectivity index (χ0v) is 15.1. The summed E-state index contributed by atoms with van der Waals surface area (Å²) in [6.45, 7) is 2.63. The lowest BCUT2D eigenvalue weighted by Crippen LogP contribution is -2.17. The first kappa shape index (κ1) is 17.5. The predicted octanol–water partition coefficient (Wildman–Crippen LogP) is 4.87. The number of halogens is 1. The van der Waals surface area contributed by atoms with Gasteiger partial charge >= 0.3 is 5.97 Å². The number of esters is 1. The number of para-hydroxylation sites is 1. The van der Waals surface area contributed by atoms with E-state index in [0.717, 1.165) is 21.4 Å². The largest absolute Gasteiger partial charge is 0.468 e. The molecular weight excluding hydrogens is 337 g/mol. The fourth-order valence-electron chi connectivity index (χ4n) is 2.81. The van der Waals surface area contributed by atoms with Crippen molar-refractivity contribution in [3.8, 4) is 0 Å². The van der Waals surface area contributed by atoms with E-state index in [1.165, 1.54) is 31.0 Å². The summed E-state index contributed by atoms with van der Waals surface area (Å²) in [5, 5.41) is 0.882. The molecule has 1 heterocycles. The molecule has 1 aromatic heterocycles. The maximum Gasteiger partial charge on any atom is 0.319 e. The van der Waals surface area contributed by atoms with E-state index in [4.69, 9.17) is 4.74 Å². The number of thioether (sulfide) groups is 1. The Hall–Kier alpha value is -2.27. The second-order valence-electron chi connectivity index (χ2n) is 5.80. The second kappa shape index (κ2) is 7.74. The van der Waals surface area contributed by atoms with Crippen molar-refractivity contribution in [2.75, 3.05) is 7.11 Å².